The first kappa shape index (κ1) is 18.8. The molecule has 4 nitrogen and oxygen atoms in total. The number of amides is 1. The van der Waals surface area contributed by atoms with Crippen LogP contribution in [-0.2, 0) is 4.79 Å². The summed E-state index contributed by atoms with van der Waals surface area (Å²) in [5.41, 5.74) is 2.46. The van der Waals surface area contributed by atoms with Crippen molar-refractivity contribution >= 4 is 18.3 Å². The average molecular weight is 327 g/mol. The molecule has 1 saturated heterocycles. The highest BCUT2D eigenvalue weighted by molar-refractivity contribution is 5.85. The van der Waals surface area contributed by atoms with Crippen LogP contribution in [0.2, 0.25) is 0 Å². The third-order valence-electron chi connectivity index (χ3n) is 4.11. The summed E-state index contributed by atoms with van der Waals surface area (Å²) in [5.74, 6) is 1.63. The smallest absolute Gasteiger partial charge is 0.223 e. The lowest BCUT2D eigenvalue weighted by molar-refractivity contribution is -0.121. The maximum absolute atomic E-state index is 11.7. The van der Waals surface area contributed by atoms with Gasteiger partial charge in [-0.15, -0.1) is 12.4 Å². The Kier molecular flexibility index (Phi) is 8.28. The maximum atomic E-state index is 11.7. The Balaban J connectivity index is 0.00000242. The van der Waals surface area contributed by atoms with E-state index in [4.69, 9.17) is 4.74 Å². The minimum Gasteiger partial charge on any atom is -0.493 e. The Bertz CT molecular complexity index is 474. The molecular weight excluding hydrogens is 300 g/mol. The lowest BCUT2D eigenvalue weighted by Gasteiger charge is -2.10. The lowest BCUT2D eigenvalue weighted by atomic mass is 10.1. The summed E-state index contributed by atoms with van der Waals surface area (Å²) in [6.45, 7) is 7.54. The SMILES string of the molecule is Cc1ccc(OCCC(=O)NCCC2CCNC2)cc1C.Cl. The summed E-state index contributed by atoms with van der Waals surface area (Å²) in [4.78, 5) is 11.7. The van der Waals surface area contributed by atoms with Gasteiger partial charge in [-0.2, -0.15) is 0 Å². The van der Waals surface area contributed by atoms with Crippen molar-refractivity contribution in [1.82, 2.24) is 10.6 Å². The van der Waals surface area contributed by atoms with E-state index in [-0.39, 0.29) is 18.3 Å². The van der Waals surface area contributed by atoms with Crippen molar-refractivity contribution in [3.8, 4) is 5.75 Å². The van der Waals surface area contributed by atoms with Gasteiger partial charge < -0.3 is 15.4 Å². The largest absolute Gasteiger partial charge is 0.493 e. The zero-order chi connectivity index (χ0) is 15.1. The predicted molar refractivity (Wildman–Crippen MR) is 91.9 cm³/mol. The highest BCUT2D eigenvalue weighted by Crippen LogP contribution is 2.16. The molecule has 22 heavy (non-hydrogen) atoms. The molecule has 124 valence electrons. The van der Waals surface area contributed by atoms with Crippen LogP contribution in [0.25, 0.3) is 0 Å². The number of rotatable bonds is 7. The number of ether oxygens (including phenoxy) is 1. The van der Waals surface area contributed by atoms with Crippen LogP contribution in [0.15, 0.2) is 18.2 Å². The highest BCUT2D eigenvalue weighted by Gasteiger charge is 2.14. The van der Waals surface area contributed by atoms with Crippen LogP contribution in [-0.4, -0.2) is 32.1 Å². The molecule has 1 fully saturated rings. The number of aryl methyl sites for hydroxylation is 2. The summed E-state index contributed by atoms with van der Waals surface area (Å²) >= 11 is 0. The van der Waals surface area contributed by atoms with E-state index in [0.717, 1.165) is 37.7 Å². The second-order valence-electron chi connectivity index (χ2n) is 5.84. The number of benzene rings is 1. The molecule has 1 amide bonds. The first-order chi connectivity index (χ1) is 10.1. The topological polar surface area (TPSA) is 50.4 Å². The quantitative estimate of drug-likeness (QED) is 0.810. The first-order valence-electron chi connectivity index (χ1n) is 7.82. The van der Waals surface area contributed by atoms with E-state index in [0.29, 0.717) is 13.0 Å². The molecular formula is C17H27ClN2O2. The standard InChI is InChI=1S/C17H26N2O2.ClH/c1-13-3-4-16(11-14(13)2)21-10-7-17(20)19-9-6-15-5-8-18-12-15;/h3-4,11,15,18H,5-10,12H2,1-2H3,(H,19,20);1H. The second-order valence-corrected chi connectivity index (χ2v) is 5.84. The van der Waals surface area contributed by atoms with E-state index in [1.165, 1.54) is 17.5 Å². The van der Waals surface area contributed by atoms with Gasteiger partial charge in [0.05, 0.1) is 13.0 Å². The molecule has 1 heterocycles. The molecule has 0 bridgehead atoms. The monoisotopic (exact) mass is 326 g/mol. The van der Waals surface area contributed by atoms with Gasteiger partial charge >= 0.3 is 0 Å². The van der Waals surface area contributed by atoms with E-state index in [9.17, 15) is 4.79 Å². The fourth-order valence-corrected chi connectivity index (χ4v) is 2.53. The summed E-state index contributed by atoms with van der Waals surface area (Å²) in [5, 5.41) is 6.31. The Labute approximate surface area is 139 Å². The molecule has 1 aliphatic heterocycles. The van der Waals surface area contributed by atoms with Gasteiger partial charge in [-0.3, -0.25) is 4.79 Å². The third-order valence-corrected chi connectivity index (χ3v) is 4.11. The van der Waals surface area contributed by atoms with Gasteiger partial charge in [0.1, 0.15) is 5.75 Å². The fourth-order valence-electron chi connectivity index (χ4n) is 2.53. The molecule has 1 aromatic rings. The van der Waals surface area contributed by atoms with E-state index in [2.05, 4.69) is 24.5 Å². The molecule has 1 atom stereocenters. The van der Waals surface area contributed by atoms with Gasteiger partial charge in [0.25, 0.3) is 0 Å². The van der Waals surface area contributed by atoms with E-state index >= 15 is 0 Å². The molecule has 2 N–H and O–H groups in total. The van der Waals surface area contributed by atoms with Gasteiger partial charge in [-0.1, -0.05) is 6.07 Å². The molecule has 1 unspecified atom stereocenters. The number of halogens is 1. The predicted octanol–water partition coefficient (Wildman–Crippen LogP) is 2.61. The third kappa shape index (κ3) is 6.24. The summed E-state index contributed by atoms with van der Waals surface area (Å²) in [7, 11) is 0. The summed E-state index contributed by atoms with van der Waals surface area (Å²) in [6.07, 6.45) is 2.71. The van der Waals surface area contributed by atoms with Gasteiger partial charge in [0.15, 0.2) is 0 Å². The number of carbonyl (C=O) groups excluding carboxylic acids is 1. The fraction of sp³-hybridized carbons (Fsp3) is 0.588. The minimum absolute atomic E-state index is 0. The summed E-state index contributed by atoms with van der Waals surface area (Å²) in [6, 6.07) is 6.01. The van der Waals surface area contributed by atoms with Gasteiger partial charge in [-0.05, 0) is 69.0 Å². The number of carbonyl (C=O) groups is 1. The van der Waals surface area contributed by atoms with Crippen LogP contribution < -0.4 is 15.4 Å². The minimum atomic E-state index is 0. The van der Waals surface area contributed by atoms with Crippen molar-refractivity contribution in [3.63, 3.8) is 0 Å². The second kappa shape index (κ2) is 9.70. The molecule has 1 aliphatic rings. The highest BCUT2D eigenvalue weighted by atomic mass is 35.5. The molecule has 0 spiro atoms. The molecule has 0 aromatic heterocycles. The van der Waals surface area contributed by atoms with Crippen molar-refractivity contribution in [2.45, 2.75) is 33.1 Å². The van der Waals surface area contributed by atoms with Crippen molar-refractivity contribution in [1.29, 1.82) is 0 Å². The normalized spacial score (nSPS) is 16.9. The van der Waals surface area contributed by atoms with E-state index in [1.54, 1.807) is 0 Å². The number of hydrogen-bond acceptors (Lipinski definition) is 3. The van der Waals surface area contributed by atoms with Crippen LogP contribution in [0.3, 0.4) is 0 Å². The van der Waals surface area contributed by atoms with Crippen molar-refractivity contribution in [2.75, 3.05) is 26.2 Å². The Morgan fingerprint density at radius 2 is 2.18 bits per heavy atom. The van der Waals surface area contributed by atoms with Crippen molar-refractivity contribution in [2.24, 2.45) is 5.92 Å². The Hall–Kier alpha value is -1.26. The van der Waals surface area contributed by atoms with E-state index < -0.39 is 0 Å². The molecule has 1 aromatic carbocycles. The van der Waals surface area contributed by atoms with Crippen LogP contribution in [0, 0.1) is 19.8 Å². The molecule has 2 rings (SSSR count). The van der Waals surface area contributed by atoms with E-state index in [1.807, 2.05) is 18.2 Å². The van der Waals surface area contributed by atoms with Gasteiger partial charge in [0, 0.05) is 6.54 Å². The van der Waals surface area contributed by atoms with Crippen LogP contribution in [0.5, 0.6) is 5.75 Å². The van der Waals surface area contributed by atoms with Crippen LogP contribution in [0.1, 0.15) is 30.4 Å². The molecule has 0 radical (unpaired) electrons. The van der Waals surface area contributed by atoms with Gasteiger partial charge in [0.2, 0.25) is 5.91 Å². The van der Waals surface area contributed by atoms with Crippen LogP contribution in [0.4, 0.5) is 0 Å². The zero-order valence-corrected chi connectivity index (χ0v) is 14.3. The Morgan fingerprint density at radius 1 is 1.36 bits per heavy atom. The first-order valence-corrected chi connectivity index (χ1v) is 7.82. The van der Waals surface area contributed by atoms with Crippen molar-refractivity contribution < 1.29 is 9.53 Å². The van der Waals surface area contributed by atoms with Gasteiger partial charge in [-0.25, -0.2) is 0 Å². The average Bonchev–Trinajstić information content (AvgIpc) is 2.96. The zero-order valence-electron chi connectivity index (χ0n) is 13.5. The number of hydrogen-bond donors (Lipinski definition) is 2. The molecule has 0 saturated carbocycles. The maximum Gasteiger partial charge on any atom is 0.223 e. The lowest BCUT2D eigenvalue weighted by Crippen LogP contribution is -2.27. The van der Waals surface area contributed by atoms with Crippen LogP contribution >= 0.6 is 12.4 Å². The Morgan fingerprint density at radius 3 is 2.86 bits per heavy atom. The van der Waals surface area contributed by atoms with Crippen molar-refractivity contribution in [3.05, 3.63) is 29.3 Å². The molecule has 0 aliphatic carbocycles. The molecule has 5 heteroatoms. The number of nitrogens with one attached hydrogen (secondary N) is 2. The summed E-state index contributed by atoms with van der Waals surface area (Å²) < 4.78 is 5.62.